The number of benzene rings is 1. The fourth-order valence-electron chi connectivity index (χ4n) is 2.18. The standard InChI is InChI=1S/C13H14F3NO6/c14-5-2-1-4(7(15)8(5)16)12(21)17-9-11(20)10(19)6(3-18)23-13(9)22/h1-2,6,9-11,13,18-20,22H,3H2,(H,17,21)/t6-,9?,10?,11-,13?/m1/s1. The van der Waals surface area contributed by atoms with Crippen molar-refractivity contribution in [3.63, 3.8) is 0 Å². The van der Waals surface area contributed by atoms with Gasteiger partial charge in [-0.05, 0) is 12.1 Å². The van der Waals surface area contributed by atoms with Crippen LogP contribution in [0, 0.1) is 17.5 Å². The van der Waals surface area contributed by atoms with E-state index in [9.17, 15) is 33.3 Å². The predicted octanol–water partition coefficient (Wildman–Crippen LogP) is -1.37. The van der Waals surface area contributed by atoms with Crippen LogP contribution < -0.4 is 5.32 Å². The second kappa shape index (κ2) is 6.81. The second-order valence-electron chi connectivity index (χ2n) is 4.95. The van der Waals surface area contributed by atoms with Gasteiger partial charge in [0.1, 0.15) is 24.4 Å². The number of halogens is 3. The minimum absolute atomic E-state index is 0.536. The van der Waals surface area contributed by atoms with Crippen LogP contribution >= 0.6 is 0 Å². The van der Waals surface area contributed by atoms with Crippen LogP contribution in [-0.2, 0) is 4.74 Å². The molecule has 1 aliphatic heterocycles. The average molecular weight is 337 g/mol. The number of hydrogen-bond donors (Lipinski definition) is 5. The molecule has 5 atom stereocenters. The third-order valence-corrected chi connectivity index (χ3v) is 3.48. The summed E-state index contributed by atoms with van der Waals surface area (Å²) in [6, 6.07) is -0.361. The van der Waals surface area contributed by atoms with Gasteiger partial charge < -0.3 is 30.5 Å². The normalized spacial score (nSPS) is 31.0. The summed E-state index contributed by atoms with van der Waals surface area (Å²) >= 11 is 0. The molecule has 2 rings (SSSR count). The van der Waals surface area contributed by atoms with Crippen molar-refractivity contribution in [1.82, 2.24) is 5.32 Å². The molecule has 0 aromatic heterocycles. The Bertz CT molecular complexity index is 601. The number of aliphatic hydroxyl groups is 4. The molecule has 0 aliphatic carbocycles. The molecule has 0 saturated carbocycles. The molecule has 10 heteroatoms. The molecular weight excluding hydrogens is 323 g/mol. The Morgan fingerprint density at radius 1 is 1.13 bits per heavy atom. The Hall–Kier alpha value is -1.72. The SMILES string of the molecule is O=C(NC1C(O)O[C@H](CO)C(O)[C@@H]1O)c1ccc(F)c(F)c1F. The molecule has 1 amide bonds. The maximum absolute atomic E-state index is 13.5. The van der Waals surface area contributed by atoms with E-state index in [1.807, 2.05) is 5.32 Å². The summed E-state index contributed by atoms with van der Waals surface area (Å²) in [6.45, 7) is -0.701. The molecule has 1 saturated heterocycles. The van der Waals surface area contributed by atoms with E-state index in [0.717, 1.165) is 0 Å². The van der Waals surface area contributed by atoms with Crippen LogP contribution in [0.4, 0.5) is 13.2 Å². The minimum Gasteiger partial charge on any atom is -0.394 e. The van der Waals surface area contributed by atoms with E-state index in [-0.39, 0.29) is 0 Å². The summed E-state index contributed by atoms with van der Waals surface area (Å²) in [5, 5.41) is 40.0. The van der Waals surface area contributed by atoms with Gasteiger partial charge in [0, 0.05) is 0 Å². The van der Waals surface area contributed by atoms with E-state index < -0.39 is 66.2 Å². The third-order valence-electron chi connectivity index (χ3n) is 3.48. The first-order valence-corrected chi connectivity index (χ1v) is 6.52. The summed E-state index contributed by atoms with van der Waals surface area (Å²) < 4.78 is 44.3. The van der Waals surface area contributed by atoms with E-state index in [2.05, 4.69) is 0 Å². The number of carbonyl (C=O) groups is 1. The van der Waals surface area contributed by atoms with Gasteiger partial charge in [0.25, 0.3) is 5.91 Å². The number of hydrogen-bond acceptors (Lipinski definition) is 6. The van der Waals surface area contributed by atoms with E-state index >= 15 is 0 Å². The number of ether oxygens (including phenoxy) is 1. The molecule has 128 valence electrons. The zero-order valence-corrected chi connectivity index (χ0v) is 11.5. The summed E-state index contributed by atoms with van der Waals surface area (Å²) in [5.41, 5.74) is -0.859. The lowest BCUT2D eigenvalue weighted by molar-refractivity contribution is -0.252. The van der Waals surface area contributed by atoms with Crippen molar-refractivity contribution in [3.8, 4) is 0 Å². The molecule has 0 bridgehead atoms. The number of carbonyl (C=O) groups excluding carboxylic acids is 1. The first kappa shape index (κ1) is 17.6. The zero-order chi connectivity index (χ0) is 17.3. The first-order chi connectivity index (χ1) is 10.8. The highest BCUT2D eigenvalue weighted by Gasteiger charge is 2.44. The lowest BCUT2D eigenvalue weighted by Crippen LogP contribution is -2.64. The van der Waals surface area contributed by atoms with Crippen molar-refractivity contribution < 1.29 is 43.1 Å². The maximum Gasteiger partial charge on any atom is 0.254 e. The molecule has 1 aliphatic rings. The molecule has 5 N–H and O–H groups in total. The van der Waals surface area contributed by atoms with Gasteiger partial charge in [-0.3, -0.25) is 4.79 Å². The molecule has 1 fully saturated rings. The first-order valence-electron chi connectivity index (χ1n) is 6.52. The van der Waals surface area contributed by atoms with Gasteiger partial charge in [0.05, 0.1) is 12.2 Å². The zero-order valence-electron chi connectivity index (χ0n) is 11.5. The van der Waals surface area contributed by atoms with Crippen LogP contribution in [0.1, 0.15) is 10.4 Å². The molecule has 1 heterocycles. The van der Waals surface area contributed by atoms with Crippen LogP contribution in [0.2, 0.25) is 0 Å². The Kier molecular flexibility index (Phi) is 5.22. The maximum atomic E-state index is 13.5. The average Bonchev–Trinajstić information content (AvgIpc) is 2.52. The number of aliphatic hydroxyl groups excluding tert-OH is 4. The molecule has 0 spiro atoms. The monoisotopic (exact) mass is 337 g/mol. The lowest BCUT2D eigenvalue weighted by atomic mass is 9.96. The molecule has 0 radical (unpaired) electrons. The second-order valence-corrected chi connectivity index (χ2v) is 4.95. The van der Waals surface area contributed by atoms with Crippen molar-refractivity contribution in [2.45, 2.75) is 30.6 Å². The van der Waals surface area contributed by atoms with E-state index in [1.54, 1.807) is 0 Å². The summed E-state index contributed by atoms with van der Waals surface area (Å²) in [4.78, 5) is 11.9. The summed E-state index contributed by atoms with van der Waals surface area (Å²) in [5.74, 6) is -6.33. The number of amides is 1. The van der Waals surface area contributed by atoms with Crippen LogP contribution in [0.25, 0.3) is 0 Å². The highest BCUT2D eigenvalue weighted by atomic mass is 19.2. The lowest BCUT2D eigenvalue weighted by Gasteiger charge is -2.40. The Morgan fingerprint density at radius 3 is 2.39 bits per heavy atom. The van der Waals surface area contributed by atoms with Crippen LogP contribution in [0.15, 0.2) is 12.1 Å². The Morgan fingerprint density at radius 2 is 1.78 bits per heavy atom. The molecule has 23 heavy (non-hydrogen) atoms. The quantitative estimate of drug-likeness (QED) is 0.435. The molecule has 1 aromatic rings. The minimum atomic E-state index is -1.85. The van der Waals surface area contributed by atoms with E-state index in [1.165, 1.54) is 0 Å². The summed E-state index contributed by atoms with van der Waals surface area (Å²) in [7, 11) is 0. The Balaban J connectivity index is 2.18. The largest absolute Gasteiger partial charge is 0.394 e. The van der Waals surface area contributed by atoms with Crippen molar-refractivity contribution in [2.24, 2.45) is 0 Å². The van der Waals surface area contributed by atoms with Gasteiger partial charge in [-0.25, -0.2) is 13.2 Å². The predicted molar refractivity (Wildman–Crippen MR) is 67.5 cm³/mol. The fraction of sp³-hybridized carbons (Fsp3) is 0.462. The number of rotatable bonds is 3. The molecule has 7 nitrogen and oxygen atoms in total. The van der Waals surface area contributed by atoms with Gasteiger partial charge in [0.15, 0.2) is 23.7 Å². The van der Waals surface area contributed by atoms with Crippen LogP contribution in [-0.4, -0.2) is 63.6 Å². The molecular formula is C13H14F3NO6. The summed E-state index contributed by atoms with van der Waals surface area (Å²) in [6.07, 6.45) is -6.48. The van der Waals surface area contributed by atoms with Crippen molar-refractivity contribution >= 4 is 5.91 Å². The molecule has 3 unspecified atom stereocenters. The highest BCUT2D eigenvalue weighted by molar-refractivity contribution is 5.94. The van der Waals surface area contributed by atoms with Crippen LogP contribution in [0.3, 0.4) is 0 Å². The topological polar surface area (TPSA) is 119 Å². The van der Waals surface area contributed by atoms with E-state index in [0.29, 0.717) is 12.1 Å². The third kappa shape index (κ3) is 3.31. The van der Waals surface area contributed by atoms with Gasteiger partial charge >= 0.3 is 0 Å². The van der Waals surface area contributed by atoms with Crippen molar-refractivity contribution in [2.75, 3.05) is 6.61 Å². The van der Waals surface area contributed by atoms with Crippen LogP contribution in [0.5, 0.6) is 0 Å². The van der Waals surface area contributed by atoms with Gasteiger partial charge in [-0.1, -0.05) is 0 Å². The fourth-order valence-corrected chi connectivity index (χ4v) is 2.18. The van der Waals surface area contributed by atoms with Crippen molar-refractivity contribution in [3.05, 3.63) is 35.1 Å². The van der Waals surface area contributed by atoms with Gasteiger partial charge in [-0.15, -0.1) is 0 Å². The number of nitrogens with one attached hydrogen (secondary N) is 1. The smallest absolute Gasteiger partial charge is 0.254 e. The van der Waals surface area contributed by atoms with Gasteiger partial charge in [0.2, 0.25) is 0 Å². The highest BCUT2D eigenvalue weighted by Crippen LogP contribution is 2.21. The van der Waals surface area contributed by atoms with E-state index in [4.69, 9.17) is 9.84 Å². The van der Waals surface area contributed by atoms with Gasteiger partial charge in [-0.2, -0.15) is 0 Å². The molecule has 1 aromatic carbocycles. The van der Waals surface area contributed by atoms with Crippen molar-refractivity contribution in [1.29, 1.82) is 0 Å². The Labute approximate surface area is 127 Å².